The quantitative estimate of drug-likeness (QED) is 0.295. The number of amides is 3. The number of carbonyl (C=O) groups excluding carboxylic acids is 3. The molecule has 0 radical (unpaired) electrons. The first kappa shape index (κ1) is 27.3. The number of aromatic nitrogens is 2. The number of carbonyl (C=O) groups is 4. The lowest BCUT2D eigenvalue weighted by molar-refractivity contribution is 0.0689. The predicted molar refractivity (Wildman–Crippen MR) is 131 cm³/mol. The van der Waals surface area contributed by atoms with Gasteiger partial charge < -0.3 is 36.3 Å². The van der Waals surface area contributed by atoms with Gasteiger partial charge in [0.15, 0.2) is 5.69 Å². The highest BCUT2D eigenvalue weighted by molar-refractivity contribution is 6.03. The number of benzene rings is 1. The van der Waals surface area contributed by atoms with Gasteiger partial charge in [0, 0.05) is 37.3 Å². The van der Waals surface area contributed by atoms with Gasteiger partial charge in [0.1, 0.15) is 23.5 Å². The number of nitrogens with two attached hydrogens (primary N) is 1. The van der Waals surface area contributed by atoms with Gasteiger partial charge in [-0.1, -0.05) is 0 Å². The van der Waals surface area contributed by atoms with Crippen LogP contribution in [-0.4, -0.2) is 78.2 Å². The molecule has 1 fully saturated rings. The summed E-state index contributed by atoms with van der Waals surface area (Å²) in [5, 5.41) is 17.5. The third-order valence-electron chi connectivity index (χ3n) is 5.96. The highest BCUT2D eigenvalue weighted by Gasteiger charge is 2.27. The zero-order valence-corrected chi connectivity index (χ0v) is 20.6. The van der Waals surface area contributed by atoms with Gasteiger partial charge in [-0.25, -0.2) is 14.8 Å². The molecule has 0 unspecified atom stereocenters. The summed E-state index contributed by atoms with van der Waals surface area (Å²) >= 11 is 0. The second-order valence-electron chi connectivity index (χ2n) is 8.39. The van der Waals surface area contributed by atoms with Crippen molar-refractivity contribution >= 4 is 23.7 Å². The van der Waals surface area contributed by atoms with E-state index in [1.165, 1.54) is 26.4 Å². The molecule has 1 saturated carbocycles. The first-order valence-corrected chi connectivity index (χ1v) is 11.7. The third kappa shape index (κ3) is 6.91. The van der Waals surface area contributed by atoms with Gasteiger partial charge in [-0.3, -0.25) is 14.4 Å². The Hall–Kier alpha value is -4.26. The minimum Gasteiger partial charge on any atom is -0.496 e. The van der Waals surface area contributed by atoms with E-state index in [0.717, 1.165) is 12.4 Å². The standard InChI is InChI=1S/C24H30N6O7/c1-36-19-11-20(37-2)16(9-15(19)21(31)26-8-7-25)22(32)29-13-3-5-14(6-4-13)30-23(33)17-10-18(24(34)35)28-12-27-17/h9-14H,3-8,25H2,1-2H3,(H,26,31)(H,29,32)(H,30,33)(H,34,35)/t13-,14-. The second kappa shape index (κ2) is 12.6. The van der Waals surface area contributed by atoms with Gasteiger partial charge in [-0.2, -0.15) is 0 Å². The Morgan fingerprint density at radius 3 is 1.95 bits per heavy atom. The Kier molecular flexibility index (Phi) is 9.33. The van der Waals surface area contributed by atoms with Crippen LogP contribution in [0.5, 0.6) is 11.5 Å². The van der Waals surface area contributed by atoms with Crippen molar-refractivity contribution in [1.82, 2.24) is 25.9 Å². The van der Waals surface area contributed by atoms with Gasteiger partial charge in [-0.15, -0.1) is 0 Å². The molecule has 0 spiro atoms. The van der Waals surface area contributed by atoms with Crippen LogP contribution in [0.2, 0.25) is 0 Å². The zero-order chi connectivity index (χ0) is 26.9. The van der Waals surface area contributed by atoms with E-state index >= 15 is 0 Å². The van der Waals surface area contributed by atoms with E-state index < -0.39 is 23.7 Å². The van der Waals surface area contributed by atoms with Crippen LogP contribution >= 0.6 is 0 Å². The molecule has 3 rings (SSSR count). The van der Waals surface area contributed by atoms with Crippen LogP contribution < -0.4 is 31.2 Å². The Morgan fingerprint density at radius 2 is 1.41 bits per heavy atom. The molecule has 1 heterocycles. The van der Waals surface area contributed by atoms with Crippen molar-refractivity contribution in [2.45, 2.75) is 37.8 Å². The van der Waals surface area contributed by atoms with E-state index in [9.17, 15) is 19.2 Å². The zero-order valence-electron chi connectivity index (χ0n) is 20.6. The van der Waals surface area contributed by atoms with Crippen LogP contribution in [0.3, 0.4) is 0 Å². The highest BCUT2D eigenvalue weighted by Crippen LogP contribution is 2.30. The fourth-order valence-corrected chi connectivity index (χ4v) is 4.04. The lowest BCUT2D eigenvalue weighted by Crippen LogP contribution is -2.44. The van der Waals surface area contributed by atoms with Crippen LogP contribution in [0.1, 0.15) is 67.4 Å². The Bertz CT molecular complexity index is 1160. The number of ether oxygens (including phenoxy) is 2. The van der Waals surface area contributed by atoms with Crippen LogP contribution in [0.25, 0.3) is 0 Å². The molecule has 0 saturated heterocycles. The SMILES string of the molecule is COc1cc(OC)c(C(=O)N[C@H]2CC[C@H](NC(=O)c3cc(C(=O)O)ncn3)CC2)cc1C(=O)NCCN. The summed E-state index contributed by atoms with van der Waals surface area (Å²) in [6.07, 6.45) is 3.43. The number of rotatable bonds is 10. The predicted octanol–water partition coefficient (Wildman–Crippen LogP) is 0.352. The van der Waals surface area contributed by atoms with E-state index in [2.05, 4.69) is 25.9 Å². The first-order valence-electron chi connectivity index (χ1n) is 11.7. The molecule has 0 aliphatic heterocycles. The Labute approximate surface area is 213 Å². The maximum atomic E-state index is 13.1. The summed E-state index contributed by atoms with van der Waals surface area (Å²) in [5.74, 6) is -2.03. The molecule has 13 nitrogen and oxygen atoms in total. The molecule has 1 aliphatic rings. The number of hydrogen-bond donors (Lipinski definition) is 5. The van der Waals surface area contributed by atoms with E-state index in [1.807, 2.05) is 0 Å². The number of hydrogen-bond acceptors (Lipinski definition) is 9. The summed E-state index contributed by atoms with van der Waals surface area (Å²) in [5.41, 5.74) is 5.54. The summed E-state index contributed by atoms with van der Waals surface area (Å²) in [4.78, 5) is 56.6. The smallest absolute Gasteiger partial charge is 0.354 e. The van der Waals surface area contributed by atoms with Crippen molar-refractivity contribution in [3.05, 3.63) is 47.0 Å². The van der Waals surface area contributed by atoms with Gasteiger partial charge in [0.2, 0.25) is 0 Å². The van der Waals surface area contributed by atoms with Crippen molar-refractivity contribution in [2.24, 2.45) is 5.73 Å². The minimum atomic E-state index is -1.25. The van der Waals surface area contributed by atoms with Crippen LogP contribution in [0, 0.1) is 0 Å². The average molecular weight is 515 g/mol. The topological polar surface area (TPSA) is 195 Å². The molecule has 13 heteroatoms. The number of nitrogens with one attached hydrogen (secondary N) is 3. The maximum absolute atomic E-state index is 13.1. The van der Waals surface area contributed by atoms with Gasteiger partial charge in [-0.05, 0) is 31.7 Å². The summed E-state index contributed by atoms with van der Waals surface area (Å²) in [6, 6.07) is 3.73. The lowest BCUT2D eigenvalue weighted by Gasteiger charge is -2.29. The van der Waals surface area contributed by atoms with E-state index in [0.29, 0.717) is 25.7 Å². The van der Waals surface area contributed by atoms with Crippen molar-refractivity contribution < 1.29 is 33.8 Å². The number of aromatic carboxylic acids is 1. The molecule has 0 bridgehead atoms. The normalized spacial score (nSPS) is 16.8. The fraction of sp³-hybridized carbons (Fsp3) is 0.417. The van der Waals surface area contributed by atoms with Crippen molar-refractivity contribution in [2.75, 3.05) is 27.3 Å². The molecule has 2 aromatic rings. The molecule has 0 atom stereocenters. The molecule has 1 aliphatic carbocycles. The van der Waals surface area contributed by atoms with Gasteiger partial charge in [0.05, 0.1) is 25.3 Å². The van der Waals surface area contributed by atoms with Gasteiger partial charge >= 0.3 is 5.97 Å². The number of carboxylic acids is 1. The van der Waals surface area contributed by atoms with Crippen molar-refractivity contribution in [3.63, 3.8) is 0 Å². The molecule has 6 N–H and O–H groups in total. The van der Waals surface area contributed by atoms with Crippen LogP contribution in [0.4, 0.5) is 0 Å². The Balaban J connectivity index is 1.62. The van der Waals surface area contributed by atoms with Gasteiger partial charge in [0.25, 0.3) is 17.7 Å². The second-order valence-corrected chi connectivity index (χ2v) is 8.39. The minimum absolute atomic E-state index is 0.0271. The number of methoxy groups -OCH3 is 2. The van der Waals surface area contributed by atoms with E-state index in [-0.39, 0.29) is 59.2 Å². The molecule has 3 amide bonds. The summed E-state index contributed by atoms with van der Waals surface area (Å²) < 4.78 is 10.6. The summed E-state index contributed by atoms with van der Waals surface area (Å²) in [7, 11) is 2.84. The molecular formula is C24H30N6O7. The Morgan fingerprint density at radius 1 is 0.865 bits per heavy atom. The monoisotopic (exact) mass is 514 g/mol. The first-order chi connectivity index (χ1) is 17.8. The van der Waals surface area contributed by atoms with Crippen molar-refractivity contribution in [1.29, 1.82) is 0 Å². The summed E-state index contributed by atoms with van der Waals surface area (Å²) in [6.45, 7) is 0.538. The fourth-order valence-electron chi connectivity index (χ4n) is 4.04. The highest BCUT2D eigenvalue weighted by atomic mass is 16.5. The van der Waals surface area contributed by atoms with E-state index in [1.54, 1.807) is 0 Å². The largest absolute Gasteiger partial charge is 0.496 e. The average Bonchev–Trinajstić information content (AvgIpc) is 2.91. The number of carboxylic acid groups (broad SMARTS) is 1. The van der Waals surface area contributed by atoms with Crippen molar-refractivity contribution in [3.8, 4) is 11.5 Å². The number of nitrogens with zero attached hydrogens (tertiary/aromatic N) is 2. The third-order valence-corrected chi connectivity index (χ3v) is 5.96. The molecular weight excluding hydrogens is 484 g/mol. The van der Waals surface area contributed by atoms with E-state index in [4.69, 9.17) is 20.3 Å². The molecule has 1 aromatic carbocycles. The lowest BCUT2D eigenvalue weighted by atomic mass is 9.90. The van der Waals surface area contributed by atoms with Crippen LogP contribution in [0.15, 0.2) is 24.5 Å². The van der Waals surface area contributed by atoms with Crippen LogP contribution in [-0.2, 0) is 0 Å². The molecule has 198 valence electrons. The molecule has 1 aromatic heterocycles. The maximum Gasteiger partial charge on any atom is 0.354 e. The molecule has 37 heavy (non-hydrogen) atoms.